The normalized spacial score (nSPS) is 22.3. The zero-order valence-corrected chi connectivity index (χ0v) is 16.3. The Kier molecular flexibility index (Phi) is 5.08. The summed E-state index contributed by atoms with van der Waals surface area (Å²) in [6.07, 6.45) is 1.76. The third-order valence-electron chi connectivity index (χ3n) is 4.53. The van der Waals surface area contributed by atoms with Crippen molar-refractivity contribution in [3.8, 4) is 0 Å². The zero-order valence-electron chi connectivity index (χ0n) is 14.1. The molecule has 3 aromatic rings. The number of amides is 1. The Bertz CT molecular complexity index is 978. The number of ether oxygens (including phenoxy) is 1. The van der Waals surface area contributed by atoms with E-state index in [0.29, 0.717) is 28.8 Å². The first-order valence-corrected chi connectivity index (χ1v) is 9.48. The molecule has 8 nitrogen and oxygen atoms in total. The van der Waals surface area contributed by atoms with Gasteiger partial charge in [-0.25, -0.2) is 9.97 Å². The number of carbonyl (C=O) groups excluding carboxylic acids is 1. The Labute approximate surface area is 168 Å². The van der Waals surface area contributed by atoms with Gasteiger partial charge in [-0.1, -0.05) is 18.2 Å². The lowest BCUT2D eigenvalue weighted by Gasteiger charge is -2.14. The van der Waals surface area contributed by atoms with E-state index >= 15 is 0 Å². The summed E-state index contributed by atoms with van der Waals surface area (Å²) in [4.78, 5) is 21.1. The minimum atomic E-state index is -0.741. The van der Waals surface area contributed by atoms with E-state index in [1.165, 1.54) is 6.33 Å². The number of anilines is 1. The Morgan fingerprint density at radius 1 is 1.33 bits per heavy atom. The molecule has 140 valence electrons. The van der Waals surface area contributed by atoms with Gasteiger partial charge in [0.25, 0.3) is 5.91 Å². The van der Waals surface area contributed by atoms with Crippen molar-refractivity contribution in [3.05, 3.63) is 52.0 Å². The molecule has 2 aromatic heterocycles. The van der Waals surface area contributed by atoms with Gasteiger partial charge < -0.3 is 24.8 Å². The first kappa shape index (κ1) is 18.3. The van der Waals surface area contributed by atoms with Crippen LogP contribution in [0.2, 0.25) is 0 Å². The van der Waals surface area contributed by atoms with Gasteiger partial charge in [-0.05, 0) is 34.7 Å². The fourth-order valence-electron chi connectivity index (χ4n) is 3.17. The summed E-state index contributed by atoms with van der Waals surface area (Å²) in [5.74, 6) is 0.154. The molecular weight excluding hydrogens is 463 g/mol. The zero-order chi connectivity index (χ0) is 19.0. The molecule has 9 heteroatoms. The Morgan fingerprint density at radius 2 is 2.11 bits per heavy atom. The van der Waals surface area contributed by atoms with Crippen molar-refractivity contribution in [2.24, 2.45) is 0 Å². The predicted molar refractivity (Wildman–Crippen MR) is 106 cm³/mol. The van der Waals surface area contributed by atoms with E-state index in [1.54, 1.807) is 28.8 Å². The Morgan fingerprint density at radius 3 is 2.81 bits per heavy atom. The van der Waals surface area contributed by atoms with Gasteiger partial charge in [0.15, 0.2) is 0 Å². The molecule has 1 amide bonds. The standard InChI is InChI=1S/C18H17IN4O4/c19-11-7-23(14-6-12(25)13(8-24)27-14)17-15(11)16(20-9-21-17)22-18(26)10-4-2-1-3-5-10/h1-5,7,9,12-14,24-25H,6,8H2,(H,20,21,22,26)/t12?,13-,14-/m1/s1. The lowest BCUT2D eigenvalue weighted by molar-refractivity contribution is -0.0430. The van der Waals surface area contributed by atoms with Crippen LogP contribution in [-0.4, -0.2) is 49.5 Å². The van der Waals surface area contributed by atoms with Gasteiger partial charge in [0.1, 0.15) is 30.1 Å². The summed E-state index contributed by atoms with van der Waals surface area (Å²) in [6, 6.07) is 8.90. The lowest BCUT2D eigenvalue weighted by atomic mass is 10.2. The number of benzene rings is 1. The van der Waals surface area contributed by atoms with Crippen LogP contribution in [0.5, 0.6) is 0 Å². The summed E-state index contributed by atoms with van der Waals surface area (Å²) < 4.78 is 8.38. The van der Waals surface area contributed by atoms with E-state index in [1.807, 2.05) is 12.3 Å². The van der Waals surface area contributed by atoms with E-state index in [0.717, 1.165) is 3.57 Å². The van der Waals surface area contributed by atoms with Crippen LogP contribution in [0.4, 0.5) is 5.82 Å². The molecule has 4 rings (SSSR count). The van der Waals surface area contributed by atoms with Crippen LogP contribution in [0.15, 0.2) is 42.9 Å². The first-order valence-electron chi connectivity index (χ1n) is 8.40. The number of nitrogens with one attached hydrogen (secondary N) is 1. The number of carbonyl (C=O) groups is 1. The second-order valence-corrected chi connectivity index (χ2v) is 7.40. The van der Waals surface area contributed by atoms with E-state index in [4.69, 9.17) is 4.74 Å². The van der Waals surface area contributed by atoms with Crippen LogP contribution >= 0.6 is 22.6 Å². The van der Waals surface area contributed by atoms with Crippen molar-refractivity contribution < 1.29 is 19.7 Å². The molecule has 0 bridgehead atoms. The van der Waals surface area contributed by atoms with Gasteiger partial charge in [-0.3, -0.25) is 4.79 Å². The second kappa shape index (κ2) is 7.50. The highest BCUT2D eigenvalue weighted by molar-refractivity contribution is 14.1. The van der Waals surface area contributed by atoms with Crippen molar-refractivity contribution in [1.29, 1.82) is 0 Å². The number of fused-ring (bicyclic) bond motifs is 1. The van der Waals surface area contributed by atoms with E-state index in [2.05, 4.69) is 37.9 Å². The van der Waals surface area contributed by atoms with Crippen molar-refractivity contribution in [2.45, 2.75) is 24.9 Å². The molecule has 1 saturated heterocycles. The van der Waals surface area contributed by atoms with Gasteiger partial charge in [-0.15, -0.1) is 0 Å². The monoisotopic (exact) mass is 480 g/mol. The number of aliphatic hydroxyl groups excluding tert-OH is 2. The van der Waals surface area contributed by atoms with Gasteiger partial charge in [0, 0.05) is 21.8 Å². The average molecular weight is 480 g/mol. The van der Waals surface area contributed by atoms with Gasteiger partial charge in [0.2, 0.25) is 0 Å². The minimum absolute atomic E-state index is 0.249. The molecule has 0 radical (unpaired) electrons. The second-order valence-electron chi connectivity index (χ2n) is 6.24. The smallest absolute Gasteiger partial charge is 0.256 e. The predicted octanol–water partition coefficient (Wildman–Crippen LogP) is 1.93. The maximum atomic E-state index is 12.5. The SMILES string of the molecule is O=C(Nc1ncnc2c1c(I)cn2[C@H]1CC(O)[C@@H](CO)O1)c1ccccc1. The molecule has 0 aliphatic carbocycles. The first-order chi connectivity index (χ1) is 13.1. The molecule has 0 saturated carbocycles. The topological polar surface area (TPSA) is 110 Å². The highest BCUT2D eigenvalue weighted by Gasteiger charge is 2.35. The number of hydrogen-bond donors (Lipinski definition) is 3. The summed E-state index contributed by atoms with van der Waals surface area (Å²) in [5, 5.41) is 22.8. The molecule has 27 heavy (non-hydrogen) atoms. The van der Waals surface area contributed by atoms with Crippen LogP contribution in [0.3, 0.4) is 0 Å². The number of aliphatic hydroxyl groups is 2. The lowest BCUT2D eigenvalue weighted by Crippen LogP contribution is -2.24. The highest BCUT2D eigenvalue weighted by atomic mass is 127. The molecule has 1 aromatic carbocycles. The molecule has 3 N–H and O–H groups in total. The summed E-state index contributed by atoms with van der Waals surface area (Å²) >= 11 is 2.15. The van der Waals surface area contributed by atoms with Crippen LogP contribution in [0, 0.1) is 3.57 Å². The fourth-order valence-corrected chi connectivity index (χ4v) is 3.97. The third-order valence-corrected chi connectivity index (χ3v) is 5.34. The third kappa shape index (κ3) is 3.43. The largest absolute Gasteiger partial charge is 0.394 e. The molecule has 0 spiro atoms. The average Bonchev–Trinajstić information content (AvgIpc) is 3.23. The van der Waals surface area contributed by atoms with E-state index in [-0.39, 0.29) is 12.5 Å². The molecule has 3 atom stereocenters. The molecular formula is C18H17IN4O4. The number of rotatable bonds is 4. The maximum absolute atomic E-state index is 12.5. The summed E-state index contributed by atoms with van der Waals surface area (Å²) in [6.45, 7) is -0.249. The number of halogens is 1. The highest BCUT2D eigenvalue weighted by Crippen LogP contribution is 2.35. The Balaban J connectivity index is 1.68. The molecule has 1 unspecified atom stereocenters. The number of hydrogen-bond acceptors (Lipinski definition) is 6. The fraction of sp³-hybridized carbons (Fsp3) is 0.278. The van der Waals surface area contributed by atoms with Crippen molar-refractivity contribution >= 4 is 45.3 Å². The van der Waals surface area contributed by atoms with Crippen molar-refractivity contribution in [1.82, 2.24) is 14.5 Å². The molecule has 1 aliphatic rings. The minimum Gasteiger partial charge on any atom is -0.394 e. The van der Waals surface area contributed by atoms with Crippen molar-refractivity contribution in [3.63, 3.8) is 0 Å². The Hall–Kier alpha value is -2.08. The number of nitrogens with zero attached hydrogens (tertiary/aromatic N) is 3. The van der Waals surface area contributed by atoms with Crippen LogP contribution in [-0.2, 0) is 4.74 Å². The summed E-state index contributed by atoms with van der Waals surface area (Å²) in [5.41, 5.74) is 1.13. The van der Waals surface area contributed by atoms with Crippen molar-refractivity contribution in [2.75, 3.05) is 11.9 Å². The van der Waals surface area contributed by atoms with Crippen LogP contribution in [0.25, 0.3) is 11.0 Å². The van der Waals surface area contributed by atoms with Gasteiger partial charge in [-0.2, -0.15) is 0 Å². The maximum Gasteiger partial charge on any atom is 0.256 e. The molecule has 1 fully saturated rings. The molecule has 1 aliphatic heterocycles. The van der Waals surface area contributed by atoms with Crippen LogP contribution in [0.1, 0.15) is 23.0 Å². The quantitative estimate of drug-likeness (QED) is 0.493. The van der Waals surface area contributed by atoms with Gasteiger partial charge >= 0.3 is 0 Å². The van der Waals surface area contributed by atoms with E-state index in [9.17, 15) is 15.0 Å². The molecule has 3 heterocycles. The van der Waals surface area contributed by atoms with Gasteiger partial charge in [0.05, 0.1) is 18.1 Å². The number of aromatic nitrogens is 3. The summed E-state index contributed by atoms with van der Waals surface area (Å²) in [7, 11) is 0. The van der Waals surface area contributed by atoms with Crippen LogP contribution < -0.4 is 5.32 Å². The van der Waals surface area contributed by atoms with E-state index < -0.39 is 18.4 Å².